The Balaban J connectivity index is 3.11. The van der Waals surface area contributed by atoms with Crippen molar-refractivity contribution in [2.45, 2.75) is 39.2 Å². The van der Waals surface area contributed by atoms with Crippen molar-refractivity contribution in [1.82, 2.24) is 15.0 Å². The molecule has 0 aliphatic rings. The third-order valence-corrected chi connectivity index (χ3v) is 2.35. The van der Waals surface area contributed by atoms with Gasteiger partial charge in [-0.25, -0.2) is 4.68 Å². The molecule has 0 aliphatic carbocycles. The highest BCUT2D eigenvalue weighted by molar-refractivity contribution is 5.69. The fourth-order valence-electron chi connectivity index (χ4n) is 1.60. The molecule has 0 radical (unpaired) electrons. The van der Waals surface area contributed by atoms with Crippen molar-refractivity contribution in [3.05, 3.63) is 11.4 Å². The number of nitrogens with zero attached hydrogens (tertiary/aromatic N) is 3. The van der Waals surface area contributed by atoms with Gasteiger partial charge in [-0.1, -0.05) is 19.1 Å². The minimum absolute atomic E-state index is 0.0460. The Morgan fingerprint density at radius 2 is 2.06 bits per heavy atom. The van der Waals surface area contributed by atoms with E-state index in [-0.39, 0.29) is 25.0 Å². The molecule has 2 N–H and O–H groups in total. The van der Waals surface area contributed by atoms with Gasteiger partial charge in [0.2, 0.25) is 0 Å². The number of carboxylic acid groups (broad SMARTS) is 1. The van der Waals surface area contributed by atoms with Gasteiger partial charge in [-0.2, -0.15) is 0 Å². The highest BCUT2D eigenvalue weighted by atomic mass is 16.4. The van der Waals surface area contributed by atoms with Gasteiger partial charge in [0.25, 0.3) is 0 Å². The highest BCUT2D eigenvalue weighted by Gasteiger charge is 2.20. The van der Waals surface area contributed by atoms with Crippen LogP contribution in [0.3, 0.4) is 0 Å². The molecule has 0 spiro atoms. The van der Waals surface area contributed by atoms with Crippen LogP contribution in [0.25, 0.3) is 0 Å². The van der Waals surface area contributed by atoms with Crippen LogP contribution in [0, 0.1) is 0 Å². The monoisotopic (exact) mass is 227 g/mol. The summed E-state index contributed by atoms with van der Waals surface area (Å²) in [5, 5.41) is 25.6. The van der Waals surface area contributed by atoms with E-state index in [0.29, 0.717) is 5.69 Å². The first-order valence-corrected chi connectivity index (χ1v) is 5.24. The van der Waals surface area contributed by atoms with Crippen LogP contribution >= 0.6 is 0 Å². The summed E-state index contributed by atoms with van der Waals surface area (Å²) < 4.78 is 1.60. The first kappa shape index (κ1) is 12.6. The van der Waals surface area contributed by atoms with Gasteiger partial charge in [0.05, 0.1) is 30.5 Å². The van der Waals surface area contributed by atoms with E-state index in [1.54, 1.807) is 4.68 Å². The van der Waals surface area contributed by atoms with E-state index in [2.05, 4.69) is 10.3 Å². The van der Waals surface area contributed by atoms with E-state index in [9.17, 15) is 4.79 Å². The summed E-state index contributed by atoms with van der Waals surface area (Å²) in [6, 6.07) is -0.188. The molecule has 1 rings (SSSR count). The Morgan fingerprint density at radius 3 is 2.50 bits per heavy atom. The molecule has 0 saturated heterocycles. The van der Waals surface area contributed by atoms with E-state index >= 15 is 0 Å². The molecule has 90 valence electrons. The average Bonchev–Trinajstić information content (AvgIpc) is 2.59. The quantitative estimate of drug-likeness (QED) is 0.768. The number of aliphatic hydroxyl groups is 1. The number of hydrogen-bond acceptors (Lipinski definition) is 4. The molecular weight excluding hydrogens is 210 g/mol. The van der Waals surface area contributed by atoms with Gasteiger partial charge in [-0.3, -0.25) is 4.79 Å². The normalized spacial score (nSPS) is 13.1. The topological polar surface area (TPSA) is 88.2 Å². The SMILES string of the molecule is CC(C)c1c(CC(=O)O)nnn1C(C)CO. The minimum Gasteiger partial charge on any atom is -0.481 e. The Hall–Kier alpha value is -1.43. The van der Waals surface area contributed by atoms with Crippen molar-refractivity contribution in [3.63, 3.8) is 0 Å². The lowest BCUT2D eigenvalue weighted by molar-refractivity contribution is -0.136. The first-order valence-electron chi connectivity index (χ1n) is 5.24. The maximum Gasteiger partial charge on any atom is 0.309 e. The zero-order valence-electron chi connectivity index (χ0n) is 9.71. The Kier molecular flexibility index (Phi) is 4.00. The third-order valence-electron chi connectivity index (χ3n) is 2.35. The van der Waals surface area contributed by atoms with Crippen LogP contribution in [0.1, 0.15) is 44.1 Å². The summed E-state index contributed by atoms with van der Waals surface area (Å²) in [5.41, 5.74) is 1.26. The van der Waals surface area contributed by atoms with Crippen LogP contribution in [0.5, 0.6) is 0 Å². The van der Waals surface area contributed by atoms with Crippen molar-refractivity contribution in [1.29, 1.82) is 0 Å². The lowest BCUT2D eigenvalue weighted by atomic mass is 10.1. The smallest absolute Gasteiger partial charge is 0.309 e. The van der Waals surface area contributed by atoms with E-state index in [0.717, 1.165) is 5.69 Å². The van der Waals surface area contributed by atoms with Gasteiger partial charge in [-0.15, -0.1) is 5.10 Å². The number of rotatable bonds is 5. The summed E-state index contributed by atoms with van der Waals surface area (Å²) in [5.74, 6) is -0.802. The molecular formula is C10H17N3O3. The predicted octanol–water partition coefficient (Wildman–Crippen LogP) is 0.582. The molecule has 1 aromatic heterocycles. The number of hydrogen-bond donors (Lipinski definition) is 2. The summed E-state index contributed by atoms with van der Waals surface area (Å²) in [4.78, 5) is 10.7. The fraction of sp³-hybridized carbons (Fsp3) is 0.700. The number of aliphatic carboxylic acids is 1. The van der Waals surface area contributed by atoms with Crippen LogP contribution in [-0.4, -0.2) is 37.8 Å². The van der Waals surface area contributed by atoms with Crippen LogP contribution in [0.4, 0.5) is 0 Å². The van der Waals surface area contributed by atoms with E-state index in [4.69, 9.17) is 10.2 Å². The molecule has 1 aromatic rings. The van der Waals surface area contributed by atoms with Crippen molar-refractivity contribution >= 4 is 5.97 Å². The van der Waals surface area contributed by atoms with Crippen LogP contribution < -0.4 is 0 Å². The summed E-state index contributed by atoms with van der Waals surface area (Å²) in [6.07, 6.45) is -0.133. The Bertz CT molecular complexity index is 373. The minimum atomic E-state index is -0.925. The molecule has 0 aromatic carbocycles. The highest BCUT2D eigenvalue weighted by Crippen LogP contribution is 2.21. The molecule has 0 saturated carbocycles. The maximum atomic E-state index is 10.7. The summed E-state index contributed by atoms with van der Waals surface area (Å²) >= 11 is 0. The molecule has 0 bridgehead atoms. The fourth-order valence-corrected chi connectivity index (χ4v) is 1.60. The summed E-state index contributed by atoms with van der Waals surface area (Å²) in [7, 11) is 0. The second-order valence-electron chi connectivity index (χ2n) is 4.12. The number of carbonyl (C=O) groups is 1. The van der Waals surface area contributed by atoms with Crippen molar-refractivity contribution in [2.24, 2.45) is 0 Å². The second-order valence-corrected chi connectivity index (χ2v) is 4.12. The zero-order valence-corrected chi connectivity index (χ0v) is 9.71. The molecule has 1 unspecified atom stereocenters. The zero-order chi connectivity index (χ0) is 12.3. The van der Waals surface area contributed by atoms with Crippen LogP contribution in [0.2, 0.25) is 0 Å². The molecule has 6 nitrogen and oxygen atoms in total. The molecule has 0 amide bonds. The van der Waals surface area contributed by atoms with E-state index in [1.807, 2.05) is 20.8 Å². The maximum absolute atomic E-state index is 10.7. The Morgan fingerprint density at radius 1 is 1.44 bits per heavy atom. The molecule has 6 heteroatoms. The van der Waals surface area contributed by atoms with Crippen molar-refractivity contribution in [2.75, 3.05) is 6.61 Å². The van der Waals surface area contributed by atoms with Gasteiger partial charge >= 0.3 is 5.97 Å². The predicted molar refractivity (Wildman–Crippen MR) is 57.2 cm³/mol. The van der Waals surface area contributed by atoms with Gasteiger partial charge in [-0.05, 0) is 12.8 Å². The van der Waals surface area contributed by atoms with Crippen molar-refractivity contribution < 1.29 is 15.0 Å². The molecule has 0 aliphatic heterocycles. The van der Waals surface area contributed by atoms with Crippen LogP contribution in [0.15, 0.2) is 0 Å². The van der Waals surface area contributed by atoms with Gasteiger partial charge in [0.15, 0.2) is 0 Å². The second kappa shape index (κ2) is 5.07. The third kappa shape index (κ3) is 2.57. The number of aromatic nitrogens is 3. The molecule has 0 fully saturated rings. The van der Waals surface area contributed by atoms with E-state index < -0.39 is 5.97 Å². The molecule has 1 atom stereocenters. The van der Waals surface area contributed by atoms with E-state index in [1.165, 1.54) is 0 Å². The molecule has 1 heterocycles. The largest absolute Gasteiger partial charge is 0.481 e. The van der Waals surface area contributed by atoms with Gasteiger partial charge in [0.1, 0.15) is 0 Å². The Labute approximate surface area is 93.9 Å². The van der Waals surface area contributed by atoms with Crippen molar-refractivity contribution in [3.8, 4) is 0 Å². The van der Waals surface area contributed by atoms with Crippen LogP contribution in [-0.2, 0) is 11.2 Å². The first-order chi connectivity index (χ1) is 7.47. The standard InChI is InChI=1S/C10H17N3O3/c1-6(2)10-8(4-9(15)16)11-12-13(10)7(3)5-14/h6-7,14H,4-5H2,1-3H3,(H,15,16). The number of aliphatic hydroxyl groups excluding tert-OH is 1. The molecule has 16 heavy (non-hydrogen) atoms. The summed E-state index contributed by atoms with van der Waals surface area (Å²) in [6.45, 7) is 5.66. The van der Waals surface area contributed by atoms with Gasteiger partial charge < -0.3 is 10.2 Å². The number of carboxylic acids is 1. The lowest BCUT2D eigenvalue weighted by Crippen LogP contribution is -2.16. The average molecular weight is 227 g/mol. The lowest BCUT2D eigenvalue weighted by Gasteiger charge is -2.14. The van der Waals surface area contributed by atoms with Gasteiger partial charge in [0, 0.05) is 0 Å².